The van der Waals surface area contributed by atoms with Gasteiger partial charge in [-0.2, -0.15) is 0 Å². The van der Waals surface area contributed by atoms with Crippen LogP contribution in [0, 0.1) is 11.6 Å². The van der Waals surface area contributed by atoms with E-state index in [0.717, 1.165) is 31.7 Å². The lowest BCUT2D eigenvalue weighted by Crippen LogP contribution is -1.95. The van der Waals surface area contributed by atoms with Crippen molar-refractivity contribution in [3.05, 3.63) is 35.4 Å². The lowest BCUT2D eigenvalue weighted by Gasteiger charge is -2.10. The SMILES string of the molecule is CCCCCC(Br)c1ccc(F)cc1F. The highest BCUT2D eigenvalue weighted by molar-refractivity contribution is 9.09. The van der Waals surface area contributed by atoms with E-state index >= 15 is 0 Å². The van der Waals surface area contributed by atoms with Gasteiger partial charge in [0.1, 0.15) is 11.6 Å². The lowest BCUT2D eigenvalue weighted by molar-refractivity contribution is 0.563. The molecule has 0 N–H and O–H groups in total. The van der Waals surface area contributed by atoms with E-state index in [1.165, 1.54) is 12.1 Å². The summed E-state index contributed by atoms with van der Waals surface area (Å²) in [5, 5.41) is 0. The molecule has 1 aromatic rings. The van der Waals surface area contributed by atoms with Gasteiger partial charge in [-0.15, -0.1) is 0 Å². The third-order valence-electron chi connectivity index (χ3n) is 2.36. The molecule has 84 valence electrons. The van der Waals surface area contributed by atoms with Gasteiger partial charge in [-0.3, -0.25) is 0 Å². The molecule has 0 aliphatic carbocycles. The number of alkyl halides is 1. The van der Waals surface area contributed by atoms with Crippen LogP contribution in [0.15, 0.2) is 18.2 Å². The molecule has 0 spiro atoms. The van der Waals surface area contributed by atoms with Crippen LogP contribution >= 0.6 is 15.9 Å². The van der Waals surface area contributed by atoms with Gasteiger partial charge in [-0.05, 0) is 12.5 Å². The molecule has 1 atom stereocenters. The molecule has 0 amide bonds. The van der Waals surface area contributed by atoms with Crippen LogP contribution in [0.25, 0.3) is 0 Å². The molecule has 3 heteroatoms. The monoisotopic (exact) mass is 276 g/mol. The van der Waals surface area contributed by atoms with E-state index in [1.807, 2.05) is 0 Å². The van der Waals surface area contributed by atoms with Gasteiger partial charge in [-0.1, -0.05) is 48.2 Å². The average molecular weight is 277 g/mol. The summed E-state index contributed by atoms with van der Waals surface area (Å²) in [6.07, 6.45) is 4.23. The zero-order chi connectivity index (χ0) is 11.3. The first-order chi connectivity index (χ1) is 7.15. The molecule has 0 aliphatic rings. The molecule has 1 rings (SSSR count). The van der Waals surface area contributed by atoms with Gasteiger partial charge in [0.05, 0.1) is 0 Å². The minimum atomic E-state index is -0.524. The van der Waals surface area contributed by atoms with E-state index < -0.39 is 11.6 Å². The Hall–Kier alpha value is -0.440. The fraction of sp³-hybridized carbons (Fsp3) is 0.500. The lowest BCUT2D eigenvalue weighted by atomic mass is 10.1. The summed E-state index contributed by atoms with van der Waals surface area (Å²) < 4.78 is 26.0. The maximum atomic E-state index is 13.3. The molecule has 0 saturated carbocycles. The number of hydrogen-bond acceptors (Lipinski definition) is 0. The highest BCUT2D eigenvalue weighted by Gasteiger charge is 2.12. The van der Waals surface area contributed by atoms with Crippen LogP contribution in [0.5, 0.6) is 0 Å². The predicted molar refractivity (Wildman–Crippen MR) is 62.2 cm³/mol. The number of halogens is 3. The molecule has 0 heterocycles. The van der Waals surface area contributed by atoms with Gasteiger partial charge in [-0.25, -0.2) is 8.78 Å². The molecule has 0 nitrogen and oxygen atoms in total. The predicted octanol–water partition coefficient (Wildman–Crippen LogP) is 4.98. The Labute approximate surface area is 97.8 Å². The Bertz CT molecular complexity index is 312. The van der Waals surface area contributed by atoms with E-state index in [0.29, 0.717) is 5.56 Å². The summed E-state index contributed by atoms with van der Waals surface area (Å²) in [4.78, 5) is -0.00958. The molecule has 0 aliphatic heterocycles. The third kappa shape index (κ3) is 3.90. The van der Waals surface area contributed by atoms with Crippen molar-refractivity contribution >= 4 is 15.9 Å². The molecular formula is C12H15BrF2. The fourth-order valence-corrected chi connectivity index (χ4v) is 2.18. The van der Waals surface area contributed by atoms with Crippen molar-refractivity contribution in [2.24, 2.45) is 0 Å². The quantitative estimate of drug-likeness (QED) is 0.526. The first-order valence-electron chi connectivity index (χ1n) is 5.24. The molecule has 1 unspecified atom stereocenters. The first kappa shape index (κ1) is 12.6. The van der Waals surface area contributed by atoms with Crippen LogP contribution in [0.3, 0.4) is 0 Å². The maximum absolute atomic E-state index is 13.3. The zero-order valence-corrected chi connectivity index (χ0v) is 10.4. The molecule has 15 heavy (non-hydrogen) atoms. The topological polar surface area (TPSA) is 0 Å². The Kier molecular flexibility index (Phi) is 5.23. The van der Waals surface area contributed by atoms with Gasteiger partial charge in [0, 0.05) is 16.5 Å². The minimum absolute atomic E-state index is 0.00958. The molecule has 0 fully saturated rings. The van der Waals surface area contributed by atoms with E-state index in [-0.39, 0.29) is 4.83 Å². The van der Waals surface area contributed by atoms with E-state index in [2.05, 4.69) is 22.9 Å². The Morgan fingerprint density at radius 3 is 2.60 bits per heavy atom. The van der Waals surface area contributed by atoms with Crippen molar-refractivity contribution in [3.8, 4) is 0 Å². The van der Waals surface area contributed by atoms with Crippen molar-refractivity contribution in [1.82, 2.24) is 0 Å². The van der Waals surface area contributed by atoms with E-state index in [9.17, 15) is 8.78 Å². The summed E-state index contributed by atoms with van der Waals surface area (Å²) in [5.41, 5.74) is 0.549. The second kappa shape index (κ2) is 6.21. The number of hydrogen-bond donors (Lipinski definition) is 0. The molecule has 1 aromatic carbocycles. The van der Waals surface area contributed by atoms with Crippen LogP contribution in [0.1, 0.15) is 43.0 Å². The van der Waals surface area contributed by atoms with Crippen LogP contribution in [0.4, 0.5) is 8.78 Å². The van der Waals surface area contributed by atoms with E-state index in [1.54, 1.807) is 0 Å². The van der Waals surface area contributed by atoms with E-state index in [4.69, 9.17) is 0 Å². The molecule has 0 bridgehead atoms. The van der Waals surface area contributed by atoms with Crippen molar-refractivity contribution in [2.75, 3.05) is 0 Å². The van der Waals surface area contributed by atoms with Crippen molar-refractivity contribution in [2.45, 2.75) is 37.4 Å². The number of benzene rings is 1. The van der Waals surface area contributed by atoms with Gasteiger partial charge >= 0.3 is 0 Å². The van der Waals surface area contributed by atoms with Gasteiger partial charge in [0.2, 0.25) is 0 Å². The Morgan fingerprint density at radius 2 is 2.00 bits per heavy atom. The molecular weight excluding hydrogens is 262 g/mol. The van der Waals surface area contributed by atoms with Crippen molar-refractivity contribution < 1.29 is 8.78 Å². The molecule has 0 saturated heterocycles. The number of unbranched alkanes of at least 4 members (excludes halogenated alkanes) is 2. The second-order valence-electron chi connectivity index (χ2n) is 3.63. The standard InChI is InChI=1S/C12H15BrF2/c1-2-3-4-5-11(13)10-7-6-9(14)8-12(10)15/h6-8,11H,2-5H2,1H3. The van der Waals surface area contributed by atoms with Crippen molar-refractivity contribution in [3.63, 3.8) is 0 Å². The molecule has 0 aromatic heterocycles. The maximum Gasteiger partial charge on any atom is 0.130 e. The fourth-order valence-electron chi connectivity index (χ4n) is 1.48. The second-order valence-corrected chi connectivity index (χ2v) is 4.73. The average Bonchev–Trinajstić information content (AvgIpc) is 2.17. The summed E-state index contributed by atoms with van der Waals surface area (Å²) in [5.74, 6) is -0.988. The molecule has 0 radical (unpaired) electrons. The zero-order valence-electron chi connectivity index (χ0n) is 8.77. The van der Waals surface area contributed by atoms with Crippen LogP contribution in [-0.4, -0.2) is 0 Å². The number of rotatable bonds is 5. The highest BCUT2D eigenvalue weighted by atomic mass is 79.9. The van der Waals surface area contributed by atoms with Gasteiger partial charge < -0.3 is 0 Å². The van der Waals surface area contributed by atoms with Crippen LogP contribution in [-0.2, 0) is 0 Å². The summed E-state index contributed by atoms with van der Waals surface area (Å²) in [6.45, 7) is 2.13. The minimum Gasteiger partial charge on any atom is -0.207 e. The first-order valence-corrected chi connectivity index (χ1v) is 6.15. The summed E-state index contributed by atoms with van der Waals surface area (Å²) in [7, 11) is 0. The van der Waals surface area contributed by atoms with Gasteiger partial charge in [0.15, 0.2) is 0 Å². The normalized spacial score (nSPS) is 12.8. The summed E-state index contributed by atoms with van der Waals surface area (Å²) in [6, 6.07) is 3.74. The Balaban J connectivity index is 2.61. The highest BCUT2D eigenvalue weighted by Crippen LogP contribution is 2.30. The van der Waals surface area contributed by atoms with Crippen molar-refractivity contribution in [1.29, 1.82) is 0 Å². The third-order valence-corrected chi connectivity index (χ3v) is 3.31. The van der Waals surface area contributed by atoms with Gasteiger partial charge in [0.25, 0.3) is 0 Å². The smallest absolute Gasteiger partial charge is 0.130 e. The van der Waals surface area contributed by atoms with Crippen LogP contribution < -0.4 is 0 Å². The Morgan fingerprint density at radius 1 is 1.27 bits per heavy atom. The van der Waals surface area contributed by atoms with Crippen LogP contribution in [0.2, 0.25) is 0 Å². The largest absolute Gasteiger partial charge is 0.207 e. The summed E-state index contributed by atoms with van der Waals surface area (Å²) >= 11 is 3.43.